The number of nitrogens with zero attached hydrogens (tertiary/aromatic N) is 4. The lowest BCUT2D eigenvalue weighted by atomic mass is 10.2. The lowest BCUT2D eigenvalue weighted by Crippen LogP contribution is -2.50. The molecular weight excluding hydrogens is 397 g/mol. The van der Waals surface area contributed by atoms with Crippen molar-refractivity contribution < 1.29 is 13.9 Å². The zero-order chi connectivity index (χ0) is 21.4. The number of fused-ring (bicyclic) bond motifs is 3. The molecule has 0 unspecified atom stereocenters. The van der Waals surface area contributed by atoms with Crippen molar-refractivity contribution in [3.05, 3.63) is 66.6 Å². The number of para-hydroxylation sites is 2. The van der Waals surface area contributed by atoms with Gasteiger partial charge in [-0.15, -0.1) is 0 Å². The molecule has 0 spiro atoms. The minimum atomic E-state index is -0.310. The van der Waals surface area contributed by atoms with E-state index >= 15 is 0 Å². The fourth-order valence-corrected chi connectivity index (χ4v) is 4.03. The predicted octanol–water partition coefficient (Wildman–Crippen LogP) is 3.99. The van der Waals surface area contributed by atoms with Gasteiger partial charge >= 0.3 is 6.03 Å². The first-order valence-electron chi connectivity index (χ1n) is 10.1. The van der Waals surface area contributed by atoms with Gasteiger partial charge in [0.1, 0.15) is 11.6 Å². The van der Waals surface area contributed by atoms with Crippen LogP contribution in [0.1, 0.15) is 0 Å². The van der Waals surface area contributed by atoms with Gasteiger partial charge in [-0.05, 0) is 36.4 Å². The molecule has 1 aliphatic heterocycles. The Morgan fingerprint density at radius 2 is 1.84 bits per heavy atom. The lowest BCUT2D eigenvalue weighted by molar-refractivity contribution is 0.208. The zero-order valence-electron chi connectivity index (χ0n) is 17.1. The molecule has 5 rings (SSSR count). The molecule has 2 aromatic heterocycles. The van der Waals surface area contributed by atoms with Crippen LogP contribution in [0.2, 0.25) is 0 Å². The van der Waals surface area contributed by atoms with Gasteiger partial charge in [0.05, 0.1) is 29.3 Å². The van der Waals surface area contributed by atoms with E-state index in [4.69, 9.17) is 9.72 Å². The number of benzene rings is 2. The van der Waals surface area contributed by atoms with E-state index in [1.165, 1.54) is 12.1 Å². The van der Waals surface area contributed by atoms with Crippen LogP contribution in [-0.2, 0) is 0 Å². The molecule has 7 nitrogen and oxygen atoms in total. The number of anilines is 2. The van der Waals surface area contributed by atoms with Crippen molar-refractivity contribution in [1.29, 1.82) is 0 Å². The first-order chi connectivity index (χ1) is 15.1. The molecule has 3 heterocycles. The molecule has 1 fully saturated rings. The number of hydrogen-bond acceptors (Lipinski definition) is 4. The standard InChI is InChI=1S/C23H22FN5O2/c1-31-21-7-3-2-5-17(21)26-23(30)28-13-11-27(12-14-28)22-20-6-4-10-29(20)19-9-8-16(24)15-18(19)25-22/h2-10,15H,11-14H2,1H3,(H,26,30). The minimum absolute atomic E-state index is 0.162. The molecule has 158 valence electrons. The van der Waals surface area contributed by atoms with Crippen molar-refractivity contribution in [2.75, 3.05) is 43.5 Å². The number of rotatable bonds is 3. The van der Waals surface area contributed by atoms with Crippen LogP contribution in [0.4, 0.5) is 20.7 Å². The number of carbonyl (C=O) groups excluding carboxylic acids is 1. The van der Waals surface area contributed by atoms with Gasteiger partial charge in [-0.25, -0.2) is 14.2 Å². The Balaban J connectivity index is 1.35. The Morgan fingerprint density at radius 1 is 1.03 bits per heavy atom. The molecule has 0 aliphatic carbocycles. The number of halogens is 1. The van der Waals surface area contributed by atoms with E-state index in [1.807, 2.05) is 47.0 Å². The Kier molecular flexibility index (Phi) is 4.82. The van der Waals surface area contributed by atoms with Crippen LogP contribution in [0.15, 0.2) is 60.8 Å². The highest BCUT2D eigenvalue weighted by molar-refractivity contribution is 5.91. The topological polar surface area (TPSA) is 62.1 Å². The van der Waals surface area contributed by atoms with Crippen LogP contribution in [-0.4, -0.2) is 53.6 Å². The summed E-state index contributed by atoms with van der Waals surface area (Å²) in [5, 5.41) is 2.92. The van der Waals surface area contributed by atoms with E-state index in [9.17, 15) is 9.18 Å². The van der Waals surface area contributed by atoms with Crippen molar-refractivity contribution >= 4 is 34.1 Å². The number of carbonyl (C=O) groups is 1. The highest BCUT2D eigenvalue weighted by atomic mass is 19.1. The maximum atomic E-state index is 13.8. The fourth-order valence-electron chi connectivity index (χ4n) is 4.03. The molecule has 0 bridgehead atoms. The molecule has 8 heteroatoms. The maximum absolute atomic E-state index is 13.8. The molecule has 0 atom stereocenters. The highest BCUT2D eigenvalue weighted by Crippen LogP contribution is 2.27. The monoisotopic (exact) mass is 419 g/mol. The van der Waals surface area contributed by atoms with Crippen LogP contribution in [0.25, 0.3) is 16.6 Å². The van der Waals surface area contributed by atoms with Gasteiger partial charge < -0.3 is 24.3 Å². The number of nitrogens with one attached hydrogen (secondary N) is 1. The van der Waals surface area contributed by atoms with E-state index in [0.29, 0.717) is 43.1 Å². The summed E-state index contributed by atoms with van der Waals surface area (Å²) in [6.07, 6.45) is 1.96. The number of urea groups is 1. The third-order valence-corrected chi connectivity index (χ3v) is 5.62. The summed E-state index contributed by atoms with van der Waals surface area (Å²) >= 11 is 0. The quantitative estimate of drug-likeness (QED) is 0.546. The Morgan fingerprint density at radius 3 is 2.65 bits per heavy atom. The van der Waals surface area contributed by atoms with Crippen LogP contribution in [0.3, 0.4) is 0 Å². The van der Waals surface area contributed by atoms with Gasteiger partial charge in [0, 0.05) is 38.4 Å². The summed E-state index contributed by atoms with van der Waals surface area (Å²) in [4.78, 5) is 21.4. The molecule has 2 aromatic carbocycles. The summed E-state index contributed by atoms with van der Waals surface area (Å²) in [5.41, 5.74) is 3.08. The second kappa shape index (κ2) is 7.79. The molecule has 1 N–H and O–H groups in total. The molecule has 0 radical (unpaired) electrons. The van der Waals surface area contributed by atoms with Gasteiger partial charge in [-0.3, -0.25) is 0 Å². The Hall–Kier alpha value is -3.81. The van der Waals surface area contributed by atoms with Crippen molar-refractivity contribution in [3.8, 4) is 5.75 Å². The van der Waals surface area contributed by atoms with E-state index in [0.717, 1.165) is 16.9 Å². The van der Waals surface area contributed by atoms with Gasteiger partial charge in [0.25, 0.3) is 0 Å². The van der Waals surface area contributed by atoms with E-state index < -0.39 is 0 Å². The number of piperazine rings is 1. The van der Waals surface area contributed by atoms with Crippen LogP contribution in [0, 0.1) is 5.82 Å². The Bertz CT molecular complexity index is 1260. The Labute approximate surface area is 178 Å². The first kappa shape index (κ1) is 19.2. The molecule has 31 heavy (non-hydrogen) atoms. The predicted molar refractivity (Wildman–Crippen MR) is 118 cm³/mol. The molecule has 2 amide bonds. The number of methoxy groups -OCH3 is 1. The third kappa shape index (κ3) is 3.50. The highest BCUT2D eigenvalue weighted by Gasteiger charge is 2.24. The van der Waals surface area contributed by atoms with Crippen LogP contribution in [0.5, 0.6) is 5.75 Å². The minimum Gasteiger partial charge on any atom is -0.495 e. The van der Waals surface area contributed by atoms with Crippen molar-refractivity contribution in [1.82, 2.24) is 14.3 Å². The number of ether oxygens (including phenoxy) is 1. The number of hydrogen-bond donors (Lipinski definition) is 1. The zero-order valence-corrected chi connectivity index (χ0v) is 17.1. The maximum Gasteiger partial charge on any atom is 0.322 e. The van der Waals surface area contributed by atoms with Crippen LogP contribution < -0.4 is 15.0 Å². The smallest absolute Gasteiger partial charge is 0.322 e. The molecule has 1 saturated heterocycles. The van der Waals surface area contributed by atoms with Crippen molar-refractivity contribution in [2.24, 2.45) is 0 Å². The van der Waals surface area contributed by atoms with Crippen molar-refractivity contribution in [2.45, 2.75) is 0 Å². The van der Waals surface area contributed by atoms with Gasteiger partial charge in [0.15, 0.2) is 5.82 Å². The van der Waals surface area contributed by atoms with Crippen molar-refractivity contribution in [3.63, 3.8) is 0 Å². The normalized spacial score (nSPS) is 14.3. The fraction of sp³-hybridized carbons (Fsp3) is 0.217. The third-order valence-electron chi connectivity index (χ3n) is 5.62. The summed E-state index contributed by atoms with van der Waals surface area (Å²) in [5.74, 6) is 1.11. The first-order valence-corrected chi connectivity index (χ1v) is 10.1. The number of amides is 2. The van der Waals surface area contributed by atoms with E-state index in [2.05, 4.69) is 10.2 Å². The van der Waals surface area contributed by atoms with Gasteiger partial charge in [0.2, 0.25) is 0 Å². The van der Waals surface area contributed by atoms with E-state index in [-0.39, 0.29) is 11.8 Å². The second-order valence-corrected chi connectivity index (χ2v) is 7.44. The molecule has 0 saturated carbocycles. The molecule has 4 aromatic rings. The average molecular weight is 419 g/mol. The van der Waals surface area contributed by atoms with Gasteiger partial charge in [-0.2, -0.15) is 0 Å². The summed E-state index contributed by atoms with van der Waals surface area (Å²) in [7, 11) is 1.58. The largest absolute Gasteiger partial charge is 0.495 e. The lowest BCUT2D eigenvalue weighted by Gasteiger charge is -2.35. The number of aromatic nitrogens is 2. The second-order valence-electron chi connectivity index (χ2n) is 7.44. The summed E-state index contributed by atoms with van der Waals surface area (Å²) < 4.78 is 21.1. The van der Waals surface area contributed by atoms with Gasteiger partial charge in [-0.1, -0.05) is 12.1 Å². The van der Waals surface area contributed by atoms with E-state index in [1.54, 1.807) is 18.1 Å². The molecule has 1 aliphatic rings. The molecular formula is C23H22FN5O2. The average Bonchev–Trinajstić information content (AvgIpc) is 3.29. The SMILES string of the molecule is COc1ccccc1NC(=O)N1CCN(c2nc3cc(F)ccc3n3cccc23)CC1. The van der Waals surface area contributed by atoms with Crippen LogP contribution >= 0.6 is 0 Å². The summed E-state index contributed by atoms with van der Waals surface area (Å²) in [6, 6.07) is 15.8. The summed E-state index contributed by atoms with van der Waals surface area (Å²) in [6.45, 7) is 2.37.